The van der Waals surface area contributed by atoms with Crippen LogP contribution in [0.15, 0.2) is 48.9 Å². The van der Waals surface area contributed by atoms with Gasteiger partial charge >= 0.3 is 0 Å². The Bertz CT molecular complexity index is 660. The van der Waals surface area contributed by atoms with Gasteiger partial charge in [-0.05, 0) is 23.8 Å². The molecule has 6 nitrogen and oxygen atoms in total. The Balaban J connectivity index is 1.32. The molecule has 1 N–H and O–H groups in total. The molecule has 2 aliphatic heterocycles. The lowest BCUT2D eigenvalue weighted by Crippen LogP contribution is -2.53. The Kier molecular flexibility index (Phi) is 4.92. The number of hydrogen-bond acceptors (Lipinski definition) is 6. The summed E-state index contributed by atoms with van der Waals surface area (Å²) in [7, 11) is 0. The monoisotopic (exact) mass is 339 g/mol. The van der Waals surface area contributed by atoms with E-state index < -0.39 is 0 Å². The van der Waals surface area contributed by atoms with Gasteiger partial charge in [-0.15, -0.1) is 0 Å². The van der Waals surface area contributed by atoms with Crippen LogP contribution in [0.25, 0.3) is 0 Å². The van der Waals surface area contributed by atoms with Gasteiger partial charge in [0.05, 0.1) is 6.10 Å². The molecule has 0 aliphatic carbocycles. The molecular formula is C19H25N5O. The van der Waals surface area contributed by atoms with Gasteiger partial charge in [0.25, 0.3) is 0 Å². The van der Waals surface area contributed by atoms with E-state index in [-0.39, 0.29) is 12.1 Å². The molecule has 2 fully saturated rings. The van der Waals surface area contributed by atoms with Crippen molar-refractivity contribution in [1.29, 1.82) is 0 Å². The molecule has 0 aromatic carbocycles. The molecule has 2 aliphatic rings. The zero-order valence-corrected chi connectivity index (χ0v) is 14.4. The summed E-state index contributed by atoms with van der Waals surface area (Å²) >= 11 is 0. The van der Waals surface area contributed by atoms with Gasteiger partial charge in [-0.2, -0.15) is 0 Å². The number of hydrogen-bond donors (Lipinski definition) is 1. The average molecular weight is 339 g/mol. The van der Waals surface area contributed by atoms with Crippen LogP contribution in [-0.2, 0) is 6.54 Å². The first kappa shape index (κ1) is 16.4. The highest BCUT2D eigenvalue weighted by Gasteiger charge is 2.36. The fraction of sp³-hybridized carbons (Fsp3) is 0.474. The molecule has 4 rings (SSSR count). The second-order valence-corrected chi connectivity index (χ2v) is 6.90. The molecule has 2 atom stereocenters. The summed E-state index contributed by atoms with van der Waals surface area (Å²) in [5.74, 6) is 1.05. The van der Waals surface area contributed by atoms with E-state index in [4.69, 9.17) is 0 Å². The third-order valence-electron chi connectivity index (χ3n) is 5.22. The lowest BCUT2D eigenvalue weighted by Gasteiger charge is -2.39. The van der Waals surface area contributed by atoms with Crippen molar-refractivity contribution in [2.24, 2.45) is 0 Å². The quantitative estimate of drug-likeness (QED) is 0.891. The molecular weight excluding hydrogens is 314 g/mol. The van der Waals surface area contributed by atoms with Gasteiger partial charge in [-0.1, -0.05) is 12.1 Å². The Hall–Kier alpha value is -2.02. The zero-order chi connectivity index (χ0) is 17.1. The average Bonchev–Trinajstić information content (AvgIpc) is 3.03. The van der Waals surface area contributed by atoms with Gasteiger partial charge in [0.2, 0.25) is 0 Å². The summed E-state index contributed by atoms with van der Waals surface area (Å²) in [4.78, 5) is 15.7. The van der Waals surface area contributed by atoms with E-state index in [0.717, 1.165) is 51.6 Å². The van der Waals surface area contributed by atoms with E-state index >= 15 is 0 Å². The largest absolute Gasteiger partial charge is 0.390 e. The number of pyridine rings is 2. The molecule has 2 aromatic heterocycles. The molecule has 0 saturated carbocycles. The van der Waals surface area contributed by atoms with E-state index in [9.17, 15) is 5.11 Å². The van der Waals surface area contributed by atoms with Crippen LogP contribution in [-0.4, -0.2) is 76.3 Å². The Morgan fingerprint density at radius 1 is 1.00 bits per heavy atom. The molecule has 2 aromatic rings. The number of likely N-dealkylation sites (tertiary alicyclic amines) is 1. The van der Waals surface area contributed by atoms with Gasteiger partial charge < -0.3 is 10.0 Å². The van der Waals surface area contributed by atoms with Gasteiger partial charge in [0.1, 0.15) is 5.82 Å². The number of aromatic nitrogens is 2. The highest BCUT2D eigenvalue weighted by atomic mass is 16.3. The molecule has 6 heteroatoms. The molecule has 0 bridgehead atoms. The van der Waals surface area contributed by atoms with Crippen molar-refractivity contribution in [1.82, 2.24) is 19.8 Å². The Morgan fingerprint density at radius 3 is 2.60 bits per heavy atom. The molecule has 2 saturated heterocycles. The van der Waals surface area contributed by atoms with Gasteiger partial charge in [0.15, 0.2) is 0 Å². The Labute approximate surface area is 148 Å². The fourth-order valence-electron chi connectivity index (χ4n) is 3.91. The number of aliphatic hydroxyl groups excluding tert-OH is 1. The molecule has 132 valence electrons. The first-order valence-corrected chi connectivity index (χ1v) is 8.99. The normalized spacial score (nSPS) is 25.4. The molecule has 25 heavy (non-hydrogen) atoms. The lowest BCUT2D eigenvalue weighted by molar-refractivity contribution is 0.0790. The second-order valence-electron chi connectivity index (χ2n) is 6.90. The van der Waals surface area contributed by atoms with E-state index in [0.29, 0.717) is 0 Å². The maximum atomic E-state index is 10.5. The van der Waals surface area contributed by atoms with Gasteiger partial charge in [-0.25, -0.2) is 4.98 Å². The number of β-amino-alcohol motifs (C(OH)–C–C–N with tert-alkyl or cyclic N) is 1. The number of rotatable bonds is 4. The van der Waals surface area contributed by atoms with Crippen molar-refractivity contribution in [3.8, 4) is 0 Å². The van der Waals surface area contributed by atoms with Crippen LogP contribution in [0.3, 0.4) is 0 Å². The topological polar surface area (TPSA) is 55.7 Å². The molecule has 0 radical (unpaired) electrons. The molecule has 4 heterocycles. The van der Waals surface area contributed by atoms with Crippen molar-refractivity contribution in [2.45, 2.75) is 18.7 Å². The summed E-state index contributed by atoms with van der Waals surface area (Å²) < 4.78 is 0. The van der Waals surface area contributed by atoms with E-state index in [1.54, 1.807) is 6.20 Å². The number of nitrogens with zero attached hydrogens (tertiary/aromatic N) is 5. The maximum absolute atomic E-state index is 10.5. The predicted octanol–water partition coefficient (Wildman–Crippen LogP) is 0.844. The van der Waals surface area contributed by atoms with Gasteiger partial charge in [-0.3, -0.25) is 14.8 Å². The van der Waals surface area contributed by atoms with Crippen LogP contribution in [0.5, 0.6) is 0 Å². The number of piperazine rings is 1. The molecule has 0 spiro atoms. The van der Waals surface area contributed by atoms with Gasteiger partial charge in [0, 0.05) is 70.4 Å². The van der Waals surface area contributed by atoms with Crippen LogP contribution in [0.4, 0.5) is 5.82 Å². The minimum Gasteiger partial charge on any atom is -0.390 e. The highest BCUT2D eigenvalue weighted by molar-refractivity contribution is 5.38. The number of anilines is 1. The molecule has 0 amide bonds. The summed E-state index contributed by atoms with van der Waals surface area (Å²) in [6.45, 7) is 6.37. The van der Waals surface area contributed by atoms with Crippen LogP contribution in [0, 0.1) is 0 Å². The van der Waals surface area contributed by atoms with E-state index in [1.165, 1.54) is 5.56 Å². The zero-order valence-electron chi connectivity index (χ0n) is 14.4. The standard InChI is InChI=1S/C19H25N5O/c25-18-15-22(13-16-4-3-6-20-12-16)14-17(18)23-8-10-24(11-9-23)19-5-1-2-7-21-19/h1-7,12,17-18,25H,8-11,13-15H2/t17-,18-/m0/s1. The highest BCUT2D eigenvalue weighted by Crippen LogP contribution is 2.21. The minimum absolute atomic E-state index is 0.225. The van der Waals surface area contributed by atoms with Crippen molar-refractivity contribution in [2.75, 3.05) is 44.2 Å². The Morgan fingerprint density at radius 2 is 1.88 bits per heavy atom. The summed E-state index contributed by atoms with van der Waals surface area (Å²) in [5, 5.41) is 10.5. The van der Waals surface area contributed by atoms with Crippen molar-refractivity contribution in [3.05, 3.63) is 54.5 Å². The summed E-state index contributed by atoms with van der Waals surface area (Å²) in [6, 6.07) is 10.3. The second kappa shape index (κ2) is 7.47. The smallest absolute Gasteiger partial charge is 0.128 e. The maximum Gasteiger partial charge on any atom is 0.128 e. The predicted molar refractivity (Wildman–Crippen MR) is 97.3 cm³/mol. The summed E-state index contributed by atoms with van der Waals surface area (Å²) in [6.07, 6.45) is 5.27. The van der Waals surface area contributed by atoms with E-state index in [1.807, 2.05) is 30.6 Å². The van der Waals surface area contributed by atoms with E-state index in [2.05, 4.69) is 36.8 Å². The first-order valence-electron chi connectivity index (χ1n) is 8.99. The van der Waals surface area contributed by atoms with Crippen molar-refractivity contribution in [3.63, 3.8) is 0 Å². The summed E-state index contributed by atoms with van der Waals surface area (Å²) in [5.41, 5.74) is 1.20. The number of aliphatic hydroxyl groups is 1. The van der Waals surface area contributed by atoms with Crippen LogP contribution in [0.1, 0.15) is 5.56 Å². The van der Waals surface area contributed by atoms with Crippen LogP contribution in [0.2, 0.25) is 0 Å². The third kappa shape index (κ3) is 3.81. The lowest BCUT2D eigenvalue weighted by atomic mass is 10.1. The van der Waals surface area contributed by atoms with Crippen LogP contribution < -0.4 is 4.90 Å². The first-order chi connectivity index (χ1) is 12.3. The van der Waals surface area contributed by atoms with Crippen LogP contribution >= 0.6 is 0 Å². The third-order valence-corrected chi connectivity index (χ3v) is 5.22. The SMILES string of the molecule is O[C@H]1CN(Cc2cccnc2)C[C@@H]1N1CCN(c2ccccn2)CC1. The van der Waals surface area contributed by atoms with Crippen molar-refractivity contribution < 1.29 is 5.11 Å². The van der Waals surface area contributed by atoms with Crippen molar-refractivity contribution >= 4 is 5.82 Å². The molecule has 0 unspecified atom stereocenters. The fourth-order valence-corrected chi connectivity index (χ4v) is 3.91. The minimum atomic E-state index is -0.280.